The molecule has 0 atom stereocenters. The Bertz CT molecular complexity index is 920. The van der Waals surface area contributed by atoms with Gasteiger partial charge in [0.1, 0.15) is 0 Å². The van der Waals surface area contributed by atoms with E-state index in [1.165, 1.54) is 0 Å². The molecule has 0 aliphatic carbocycles. The first-order valence-electron chi connectivity index (χ1n) is 7.25. The smallest absolute Gasteiger partial charge is 0.308 e. The van der Waals surface area contributed by atoms with E-state index in [9.17, 15) is 4.79 Å². The van der Waals surface area contributed by atoms with Crippen molar-refractivity contribution in [3.63, 3.8) is 0 Å². The molecule has 8 heteroatoms. The number of nitrogens with zero attached hydrogens (tertiary/aromatic N) is 2. The number of anilines is 2. The van der Waals surface area contributed by atoms with Crippen LogP contribution in [-0.4, -0.2) is 15.8 Å². The third-order valence-corrected chi connectivity index (χ3v) is 4.29. The van der Waals surface area contributed by atoms with Gasteiger partial charge in [-0.2, -0.15) is 5.10 Å². The Kier molecular flexibility index (Phi) is 5.18. The van der Waals surface area contributed by atoms with Gasteiger partial charge in [0.15, 0.2) is 0 Å². The first-order valence-corrected chi connectivity index (χ1v) is 8.38. The minimum Gasteiger partial charge on any atom is -0.308 e. The SMILES string of the molecule is Cn1ncc(Cl)c1-c1cccc(NC(=O)Nc2ccc(Cl)cc2Cl)c1. The second kappa shape index (κ2) is 7.35. The van der Waals surface area contributed by atoms with Crippen molar-refractivity contribution in [1.82, 2.24) is 9.78 Å². The molecule has 0 spiro atoms. The van der Waals surface area contributed by atoms with Crippen LogP contribution in [0, 0.1) is 0 Å². The molecule has 25 heavy (non-hydrogen) atoms. The highest BCUT2D eigenvalue weighted by molar-refractivity contribution is 6.36. The molecule has 3 rings (SSSR count). The van der Waals surface area contributed by atoms with Crippen molar-refractivity contribution in [2.75, 3.05) is 10.6 Å². The van der Waals surface area contributed by atoms with Crippen LogP contribution in [0.15, 0.2) is 48.7 Å². The molecule has 1 heterocycles. The molecule has 0 unspecified atom stereocenters. The van der Waals surface area contributed by atoms with E-state index in [1.54, 1.807) is 42.2 Å². The minimum absolute atomic E-state index is 0.359. The molecule has 2 amide bonds. The van der Waals surface area contributed by atoms with Gasteiger partial charge in [-0.15, -0.1) is 0 Å². The Hall–Kier alpha value is -2.21. The highest BCUT2D eigenvalue weighted by Gasteiger charge is 2.11. The number of hydrogen-bond acceptors (Lipinski definition) is 2. The summed E-state index contributed by atoms with van der Waals surface area (Å²) in [6.45, 7) is 0. The summed E-state index contributed by atoms with van der Waals surface area (Å²) in [5.41, 5.74) is 2.69. The summed E-state index contributed by atoms with van der Waals surface area (Å²) in [6, 6.07) is 11.7. The molecule has 0 saturated carbocycles. The number of amides is 2. The lowest BCUT2D eigenvalue weighted by Crippen LogP contribution is -2.19. The number of urea groups is 1. The maximum atomic E-state index is 12.2. The van der Waals surface area contributed by atoms with Gasteiger partial charge < -0.3 is 10.6 Å². The molecule has 0 aliphatic heterocycles. The van der Waals surface area contributed by atoms with Crippen LogP contribution in [0.2, 0.25) is 15.1 Å². The molecule has 2 N–H and O–H groups in total. The first kappa shape index (κ1) is 17.6. The van der Waals surface area contributed by atoms with Crippen molar-refractivity contribution < 1.29 is 4.79 Å². The standard InChI is InChI=1S/C17H13Cl3N4O/c1-24-16(14(20)9-21-24)10-3-2-4-12(7-10)22-17(25)23-15-6-5-11(18)8-13(15)19/h2-9H,1H3,(H2,22,23,25). The van der Waals surface area contributed by atoms with E-state index in [4.69, 9.17) is 34.8 Å². The van der Waals surface area contributed by atoms with Crippen molar-refractivity contribution in [2.24, 2.45) is 7.05 Å². The van der Waals surface area contributed by atoms with Crippen molar-refractivity contribution in [2.45, 2.75) is 0 Å². The van der Waals surface area contributed by atoms with E-state index in [0.717, 1.165) is 11.3 Å². The molecule has 1 aromatic heterocycles. The first-order chi connectivity index (χ1) is 11.9. The fourth-order valence-corrected chi connectivity index (χ4v) is 3.09. The average Bonchev–Trinajstić information content (AvgIpc) is 2.89. The van der Waals surface area contributed by atoms with Gasteiger partial charge >= 0.3 is 6.03 Å². The second-order valence-corrected chi connectivity index (χ2v) is 6.50. The quantitative estimate of drug-likeness (QED) is 0.598. The number of benzene rings is 2. The summed E-state index contributed by atoms with van der Waals surface area (Å²) in [7, 11) is 1.80. The van der Waals surface area contributed by atoms with Gasteiger partial charge in [0.05, 0.1) is 27.6 Å². The van der Waals surface area contributed by atoms with Gasteiger partial charge in [-0.05, 0) is 30.3 Å². The maximum Gasteiger partial charge on any atom is 0.323 e. The molecule has 0 saturated heterocycles. The number of aromatic nitrogens is 2. The van der Waals surface area contributed by atoms with Crippen LogP contribution in [0.1, 0.15) is 0 Å². The van der Waals surface area contributed by atoms with Crippen molar-refractivity contribution in [3.8, 4) is 11.3 Å². The molecular formula is C17H13Cl3N4O. The lowest BCUT2D eigenvalue weighted by molar-refractivity contribution is 0.262. The third kappa shape index (κ3) is 4.07. The van der Waals surface area contributed by atoms with E-state index in [0.29, 0.717) is 26.4 Å². The number of carbonyl (C=O) groups is 1. The Balaban J connectivity index is 1.77. The summed E-state index contributed by atoms with van der Waals surface area (Å²) in [6.07, 6.45) is 1.58. The number of nitrogens with one attached hydrogen (secondary N) is 2. The van der Waals surface area contributed by atoms with E-state index >= 15 is 0 Å². The van der Waals surface area contributed by atoms with E-state index in [1.807, 2.05) is 18.2 Å². The third-order valence-electron chi connectivity index (χ3n) is 3.47. The Labute approximate surface area is 159 Å². The lowest BCUT2D eigenvalue weighted by atomic mass is 10.1. The molecule has 0 aliphatic rings. The lowest BCUT2D eigenvalue weighted by Gasteiger charge is -2.11. The summed E-state index contributed by atoms with van der Waals surface area (Å²) in [5, 5.41) is 10.9. The largest absolute Gasteiger partial charge is 0.323 e. The predicted octanol–water partition coefficient (Wildman–Crippen LogP) is 5.69. The van der Waals surface area contributed by atoms with Crippen LogP contribution in [0.4, 0.5) is 16.2 Å². The van der Waals surface area contributed by atoms with Crippen LogP contribution < -0.4 is 10.6 Å². The van der Waals surface area contributed by atoms with Gasteiger partial charge in [0, 0.05) is 23.3 Å². The van der Waals surface area contributed by atoms with E-state index < -0.39 is 6.03 Å². The van der Waals surface area contributed by atoms with Crippen LogP contribution >= 0.6 is 34.8 Å². The molecule has 0 fully saturated rings. The zero-order chi connectivity index (χ0) is 18.0. The summed E-state index contributed by atoms with van der Waals surface area (Å²) < 4.78 is 1.68. The Morgan fingerprint density at radius 2 is 1.84 bits per heavy atom. The van der Waals surface area contributed by atoms with Crippen molar-refractivity contribution >= 4 is 52.2 Å². The predicted molar refractivity (Wildman–Crippen MR) is 103 cm³/mol. The number of aryl methyl sites for hydroxylation is 1. The summed E-state index contributed by atoms with van der Waals surface area (Å²) >= 11 is 18.1. The van der Waals surface area contributed by atoms with Crippen LogP contribution in [0.5, 0.6) is 0 Å². The average molecular weight is 396 g/mol. The molecule has 0 radical (unpaired) electrons. The molecule has 128 valence electrons. The molecule has 2 aromatic carbocycles. The normalized spacial score (nSPS) is 10.6. The topological polar surface area (TPSA) is 59.0 Å². The molecule has 5 nitrogen and oxygen atoms in total. The summed E-state index contributed by atoms with van der Waals surface area (Å²) in [5.74, 6) is 0. The highest BCUT2D eigenvalue weighted by Crippen LogP contribution is 2.29. The van der Waals surface area contributed by atoms with Gasteiger partial charge in [0.25, 0.3) is 0 Å². The van der Waals surface area contributed by atoms with Crippen LogP contribution in [0.25, 0.3) is 11.3 Å². The zero-order valence-corrected chi connectivity index (χ0v) is 15.3. The van der Waals surface area contributed by atoms with E-state index in [2.05, 4.69) is 15.7 Å². The van der Waals surface area contributed by atoms with Gasteiger partial charge in [-0.3, -0.25) is 4.68 Å². The maximum absolute atomic E-state index is 12.2. The van der Waals surface area contributed by atoms with Gasteiger partial charge in [-0.25, -0.2) is 4.79 Å². The Morgan fingerprint density at radius 1 is 1.04 bits per heavy atom. The van der Waals surface area contributed by atoms with Crippen molar-refractivity contribution in [3.05, 3.63) is 63.7 Å². The fraction of sp³-hybridized carbons (Fsp3) is 0.0588. The number of rotatable bonds is 3. The minimum atomic E-state index is -0.419. The highest BCUT2D eigenvalue weighted by atomic mass is 35.5. The van der Waals surface area contributed by atoms with Crippen LogP contribution in [0.3, 0.4) is 0 Å². The number of halogens is 3. The van der Waals surface area contributed by atoms with Gasteiger partial charge in [-0.1, -0.05) is 46.9 Å². The van der Waals surface area contributed by atoms with Crippen LogP contribution in [-0.2, 0) is 7.05 Å². The molecular weight excluding hydrogens is 383 g/mol. The number of hydrogen-bond donors (Lipinski definition) is 2. The Morgan fingerprint density at radius 3 is 2.52 bits per heavy atom. The number of carbonyl (C=O) groups excluding carboxylic acids is 1. The van der Waals surface area contributed by atoms with Gasteiger partial charge in [0.2, 0.25) is 0 Å². The molecule has 0 bridgehead atoms. The van der Waals surface area contributed by atoms with Crippen molar-refractivity contribution in [1.29, 1.82) is 0 Å². The van der Waals surface area contributed by atoms with E-state index in [-0.39, 0.29) is 0 Å². The second-order valence-electron chi connectivity index (χ2n) is 5.25. The summed E-state index contributed by atoms with van der Waals surface area (Å²) in [4.78, 5) is 12.2. The monoisotopic (exact) mass is 394 g/mol. The fourth-order valence-electron chi connectivity index (χ4n) is 2.36. The molecule has 3 aromatic rings. The zero-order valence-electron chi connectivity index (χ0n) is 13.1.